The molecule has 1 heterocycles. The molecule has 35 heavy (non-hydrogen) atoms. The van der Waals surface area contributed by atoms with Crippen molar-refractivity contribution in [2.75, 3.05) is 0 Å². The van der Waals surface area contributed by atoms with E-state index in [1.807, 2.05) is 0 Å². The summed E-state index contributed by atoms with van der Waals surface area (Å²) in [6, 6.07) is 9.93. The Morgan fingerprint density at radius 3 is 2.34 bits per heavy atom. The van der Waals surface area contributed by atoms with Crippen molar-refractivity contribution in [2.24, 2.45) is 4.99 Å². The minimum absolute atomic E-state index is 0.0886. The van der Waals surface area contributed by atoms with Gasteiger partial charge in [-0.15, -0.1) is 0 Å². The lowest BCUT2D eigenvalue weighted by molar-refractivity contribution is -0.142. The summed E-state index contributed by atoms with van der Waals surface area (Å²) in [6.07, 6.45) is -9.66. The zero-order valence-electron chi connectivity index (χ0n) is 18.4. The number of carbonyl (C=O) groups excluding carboxylic acids is 1. The van der Waals surface area contributed by atoms with E-state index in [9.17, 15) is 31.1 Å². The normalized spacial score (nSPS) is 12.7. The van der Waals surface area contributed by atoms with Gasteiger partial charge in [0.2, 0.25) is 0 Å². The number of aromatic nitrogens is 2. The van der Waals surface area contributed by atoms with E-state index < -0.39 is 29.5 Å². The Labute approximate surface area is 201 Å². The van der Waals surface area contributed by atoms with Crippen LogP contribution in [0, 0.1) is 6.92 Å². The molecule has 2 aromatic carbocycles. The van der Waals surface area contributed by atoms with Gasteiger partial charge in [0.25, 0.3) is 5.91 Å². The fourth-order valence-corrected chi connectivity index (χ4v) is 3.54. The Morgan fingerprint density at radius 1 is 1.06 bits per heavy atom. The van der Waals surface area contributed by atoms with Crippen molar-refractivity contribution in [3.05, 3.63) is 81.6 Å². The number of aryl methyl sites for hydroxylation is 1. The van der Waals surface area contributed by atoms with Crippen LogP contribution in [0.1, 0.15) is 39.8 Å². The largest absolute Gasteiger partial charge is 0.435 e. The molecule has 0 spiro atoms. The molecular weight excluding hydrogens is 498 g/mol. The number of benzene rings is 2. The highest BCUT2D eigenvalue weighted by Gasteiger charge is 2.38. The van der Waals surface area contributed by atoms with Crippen LogP contribution in [0.15, 0.2) is 53.5 Å². The molecule has 0 aliphatic heterocycles. The molecule has 1 N–H and O–H groups in total. The molecule has 3 aromatic rings. The van der Waals surface area contributed by atoms with Crippen LogP contribution in [-0.4, -0.2) is 21.5 Å². The number of nitrogens with one attached hydrogen (secondary N) is 1. The summed E-state index contributed by atoms with van der Waals surface area (Å²) in [6.45, 7) is 2.91. The quantitative estimate of drug-likeness (QED) is 0.236. The fraction of sp³-hybridized carbons (Fsp3) is 0.261. The zero-order valence-corrected chi connectivity index (χ0v) is 19.2. The van der Waals surface area contributed by atoms with Gasteiger partial charge >= 0.3 is 12.4 Å². The Bertz CT molecular complexity index is 1260. The predicted molar refractivity (Wildman–Crippen MR) is 119 cm³/mol. The minimum Gasteiger partial charge on any atom is -0.310 e. The van der Waals surface area contributed by atoms with Crippen LogP contribution in [0.2, 0.25) is 5.02 Å². The molecule has 0 radical (unpaired) electrons. The molecule has 0 unspecified atom stereocenters. The van der Waals surface area contributed by atoms with E-state index >= 15 is 0 Å². The van der Waals surface area contributed by atoms with Crippen molar-refractivity contribution >= 4 is 29.0 Å². The second-order valence-corrected chi connectivity index (χ2v) is 7.92. The van der Waals surface area contributed by atoms with Gasteiger partial charge in [-0.3, -0.25) is 9.48 Å². The molecule has 186 valence electrons. The summed E-state index contributed by atoms with van der Waals surface area (Å²) in [5, 5.41) is 6.37. The molecule has 5 nitrogen and oxygen atoms in total. The third-order valence-corrected chi connectivity index (χ3v) is 5.24. The number of alkyl halides is 6. The minimum atomic E-state index is -4.71. The van der Waals surface area contributed by atoms with Gasteiger partial charge in [0.1, 0.15) is 5.84 Å². The summed E-state index contributed by atoms with van der Waals surface area (Å²) in [5.74, 6) is -0.852. The number of rotatable bonds is 5. The number of nitrogens with zero attached hydrogens (tertiary/aromatic N) is 3. The van der Waals surface area contributed by atoms with Gasteiger partial charge in [0, 0.05) is 34.8 Å². The van der Waals surface area contributed by atoms with Crippen LogP contribution in [0.4, 0.5) is 32.0 Å². The van der Waals surface area contributed by atoms with Gasteiger partial charge in [-0.25, -0.2) is 4.99 Å². The number of carbonyl (C=O) groups is 1. The molecule has 0 saturated carbocycles. The lowest BCUT2D eigenvalue weighted by atomic mass is 10.1. The van der Waals surface area contributed by atoms with E-state index in [1.165, 1.54) is 37.3 Å². The molecule has 0 saturated heterocycles. The van der Waals surface area contributed by atoms with E-state index in [0.717, 1.165) is 22.9 Å². The predicted octanol–water partition coefficient (Wildman–Crippen LogP) is 6.61. The number of halogens is 7. The van der Waals surface area contributed by atoms with Crippen molar-refractivity contribution < 1.29 is 31.1 Å². The second-order valence-electron chi connectivity index (χ2n) is 7.48. The third-order valence-electron chi connectivity index (χ3n) is 5.01. The van der Waals surface area contributed by atoms with E-state index in [2.05, 4.69) is 15.4 Å². The molecule has 1 aromatic heterocycles. The molecule has 0 aliphatic carbocycles. The van der Waals surface area contributed by atoms with Crippen LogP contribution < -0.4 is 5.32 Å². The van der Waals surface area contributed by atoms with Crippen LogP contribution in [0.25, 0.3) is 0 Å². The van der Waals surface area contributed by atoms with Crippen molar-refractivity contribution in [1.29, 1.82) is 0 Å². The monoisotopic (exact) mass is 516 g/mol. The SMILES string of the molecule is CCn1nc(C(F)(F)F)c(C)c1CC(=Nc1cccc(C(F)(F)F)c1)NC(=O)c1cccc(Cl)c1. The summed E-state index contributed by atoms with van der Waals surface area (Å²) < 4.78 is 80.7. The standard InChI is InChI=1S/C23H19ClF6N4O/c1-3-34-18(13(2)20(33-34)23(28,29)30)12-19(32-21(35)14-6-4-8-16(24)10-14)31-17-9-5-7-15(11-17)22(25,26)27/h4-11H,3,12H2,1-2H3,(H,31,32,35). The lowest BCUT2D eigenvalue weighted by Gasteiger charge is -2.13. The Hall–Kier alpha value is -3.34. The average Bonchev–Trinajstić information content (AvgIpc) is 3.09. The van der Waals surface area contributed by atoms with E-state index in [4.69, 9.17) is 11.6 Å². The third kappa shape index (κ3) is 6.41. The number of amides is 1. The first-order valence-electron chi connectivity index (χ1n) is 10.2. The highest BCUT2D eigenvalue weighted by molar-refractivity contribution is 6.31. The summed E-state index contributed by atoms with van der Waals surface area (Å²) in [5.41, 5.74) is -2.13. The van der Waals surface area contributed by atoms with Gasteiger partial charge in [-0.05, 0) is 50.2 Å². The van der Waals surface area contributed by atoms with Gasteiger partial charge in [-0.2, -0.15) is 31.4 Å². The van der Waals surface area contributed by atoms with Gasteiger partial charge in [0.15, 0.2) is 5.69 Å². The maximum absolute atomic E-state index is 13.4. The molecule has 12 heteroatoms. The number of aliphatic imine (C=N–C) groups is 1. The van der Waals surface area contributed by atoms with Gasteiger partial charge in [-0.1, -0.05) is 23.7 Å². The lowest BCUT2D eigenvalue weighted by Crippen LogP contribution is -2.32. The maximum atomic E-state index is 13.4. The Morgan fingerprint density at radius 2 is 1.74 bits per heavy atom. The highest BCUT2D eigenvalue weighted by atomic mass is 35.5. The van der Waals surface area contributed by atoms with Crippen LogP contribution in [0.3, 0.4) is 0 Å². The van der Waals surface area contributed by atoms with Crippen LogP contribution in [-0.2, 0) is 25.3 Å². The van der Waals surface area contributed by atoms with E-state index in [1.54, 1.807) is 6.92 Å². The first-order valence-corrected chi connectivity index (χ1v) is 10.6. The summed E-state index contributed by atoms with van der Waals surface area (Å²) >= 11 is 5.92. The van der Waals surface area contributed by atoms with Crippen molar-refractivity contribution in [2.45, 2.75) is 39.2 Å². The average molecular weight is 517 g/mol. The Kier molecular flexibility index (Phi) is 7.59. The number of hydrogen-bond acceptors (Lipinski definition) is 3. The zero-order chi connectivity index (χ0) is 26.0. The molecule has 3 rings (SSSR count). The molecule has 0 fully saturated rings. The number of amidine groups is 1. The Balaban J connectivity index is 2.06. The van der Waals surface area contributed by atoms with Crippen molar-refractivity contribution in [1.82, 2.24) is 15.1 Å². The first-order chi connectivity index (χ1) is 16.3. The summed E-state index contributed by atoms with van der Waals surface area (Å²) in [4.78, 5) is 16.9. The maximum Gasteiger partial charge on any atom is 0.435 e. The van der Waals surface area contributed by atoms with Gasteiger partial charge in [0.05, 0.1) is 11.3 Å². The van der Waals surface area contributed by atoms with Gasteiger partial charge < -0.3 is 5.32 Å². The highest BCUT2D eigenvalue weighted by Crippen LogP contribution is 2.33. The van der Waals surface area contributed by atoms with Crippen LogP contribution in [0.5, 0.6) is 0 Å². The summed E-state index contributed by atoms with van der Waals surface area (Å²) in [7, 11) is 0. The molecule has 0 bridgehead atoms. The topological polar surface area (TPSA) is 59.3 Å². The van der Waals surface area contributed by atoms with Crippen molar-refractivity contribution in [3.63, 3.8) is 0 Å². The molecule has 1 amide bonds. The number of hydrogen-bond donors (Lipinski definition) is 1. The first kappa shape index (κ1) is 26.3. The molecule has 0 aliphatic rings. The van der Waals surface area contributed by atoms with E-state index in [0.29, 0.717) is 0 Å². The van der Waals surface area contributed by atoms with Crippen LogP contribution >= 0.6 is 11.6 Å². The fourth-order valence-electron chi connectivity index (χ4n) is 3.35. The smallest absolute Gasteiger partial charge is 0.310 e. The molecular formula is C23H19ClF6N4O. The van der Waals surface area contributed by atoms with Crippen molar-refractivity contribution in [3.8, 4) is 0 Å². The molecule has 0 atom stereocenters. The van der Waals surface area contributed by atoms with E-state index in [-0.39, 0.29) is 46.3 Å². The second kappa shape index (κ2) is 10.1.